The molecule has 0 aromatic heterocycles. The highest BCUT2D eigenvalue weighted by atomic mass is 19.4. The molecular weight excluding hydrogens is 417 g/mol. The molecule has 0 radical (unpaired) electrons. The summed E-state index contributed by atoms with van der Waals surface area (Å²) in [5, 5.41) is 0. The molecule has 0 unspecified atom stereocenters. The van der Waals surface area contributed by atoms with Crippen LogP contribution in [0, 0.1) is 0 Å². The number of carbonyl (C=O) groups is 1. The molecule has 2 aliphatic rings. The zero-order chi connectivity index (χ0) is 23.1. The van der Waals surface area contributed by atoms with Gasteiger partial charge in [-0.3, -0.25) is 0 Å². The van der Waals surface area contributed by atoms with E-state index < -0.39 is 35.2 Å². The molecule has 0 spiro atoms. The summed E-state index contributed by atoms with van der Waals surface area (Å²) in [7, 11) is 0.828. The van der Waals surface area contributed by atoms with Crippen molar-refractivity contribution in [3.05, 3.63) is 48.0 Å². The SMILES string of the molecule is CO[C@@](C(=O)O[C@@H](C)/C=C/[C@]1([C@@H]2O[C@H]2C)COC(C)(C)O1)(c1ccccc1)C(F)(F)F. The van der Waals surface area contributed by atoms with E-state index in [0.29, 0.717) is 0 Å². The summed E-state index contributed by atoms with van der Waals surface area (Å²) < 4.78 is 69.1. The highest BCUT2D eigenvalue weighted by Gasteiger charge is 2.64. The number of benzene rings is 1. The van der Waals surface area contributed by atoms with Crippen molar-refractivity contribution in [1.29, 1.82) is 0 Å². The Bertz CT molecular complexity index is 824. The van der Waals surface area contributed by atoms with Gasteiger partial charge in [0, 0.05) is 12.7 Å². The van der Waals surface area contributed by atoms with Crippen LogP contribution in [0.25, 0.3) is 0 Å². The maximum atomic E-state index is 14.0. The van der Waals surface area contributed by atoms with E-state index in [1.54, 1.807) is 26.0 Å². The molecule has 3 rings (SSSR count). The van der Waals surface area contributed by atoms with Gasteiger partial charge < -0.3 is 23.7 Å². The number of carbonyl (C=O) groups excluding carboxylic acids is 1. The van der Waals surface area contributed by atoms with Crippen molar-refractivity contribution < 1.29 is 41.7 Å². The maximum absolute atomic E-state index is 14.0. The molecule has 0 saturated carbocycles. The Hall–Kier alpha value is -1.94. The van der Waals surface area contributed by atoms with E-state index >= 15 is 0 Å². The van der Waals surface area contributed by atoms with Gasteiger partial charge in [-0.2, -0.15) is 13.2 Å². The summed E-state index contributed by atoms with van der Waals surface area (Å²) in [5.41, 5.74) is -4.51. The lowest BCUT2D eigenvalue weighted by Gasteiger charge is -2.33. The van der Waals surface area contributed by atoms with E-state index in [1.165, 1.54) is 37.3 Å². The van der Waals surface area contributed by atoms with Gasteiger partial charge >= 0.3 is 12.1 Å². The Kier molecular flexibility index (Phi) is 6.27. The molecule has 2 heterocycles. The van der Waals surface area contributed by atoms with Crippen molar-refractivity contribution in [3.8, 4) is 0 Å². The van der Waals surface area contributed by atoms with Gasteiger partial charge in [-0.1, -0.05) is 30.3 Å². The third kappa shape index (κ3) is 4.50. The largest absolute Gasteiger partial charge is 0.456 e. The molecule has 0 bridgehead atoms. The third-order valence-electron chi connectivity index (χ3n) is 5.39. The zero-order valence-electron chi connectivity index (χ0n) is 18.1. The van der Waals surface area contributed by atoms with Crippen LogP contribution < -0.4 is 0 Å². The first kappa shape index (κ1) is 23.7. The molecule has 2 saturated heterocycles. The van der Waals surface area contributed by atoms with Crippen LogP contribution in [0.1, 0.15) is 33.3 Å². The number of esters is 1. The molecule has 2 fully saturated rings. The quantitative estimate of drug-likeness (QED) is 0.361. The lowest BCUT2D eigenvalue weighted by atomic mass is 9.92. The molecule has 6 nitrogen and oxygen atoms in total. The molecule has 172 valence electrons. The van der Waals surface area contributed by atoms with Gasteiger partial charge in [0.25, 0.3) is 5.60 Å². The van der Waals surface area contributed by atoms with Crippen LogP contribution in [0.15, 0.2) is 42.5 Å². The van der Waals surface area contributed by atoms with Gasteiger partial charge in [0.2, 0.25) is 0 Å². The summed E-state index contributed by atoms with van der Waals surface area (Å²) >= 11 is 0. The Balaban J connectivity index is 1.81. The molecule has 1 aromatic carbocycles. The first-order valence-electron chi connectivity index (χ1n) is 9.94. The number of halogens is 3. The lowest BCUT2D eigenvalue weighted by Crippen LogP contribution is -2.52. The number of methoxy groups -OCH3 is 1. The van der Waals surface area contributed by atoms with Crippen molar-refractivity contribution in [3.63, 3.8) is 0 Å². The molecule has 0 amide bonds. The smallest absolute Gasteiger partial charge is 0.432 e. The van der Waals surface area contributed by atoms with E-state index in [1.807, 2.05) is 6.92 Å². The summed E-state index contributed by atoms with van der Waals surface area (Å²) in [6.45, 7) is 7.07. The molecular formula is C22H27F3O6. The fraction of sp³-hybridized carbons (Fsp3) is 0.591. The standard InChI is InChI=1S/C22H27F3O6/c1-14(11-12-20(17-15(2)30-17)13-28-19(3,4)31-20)29-18(26)21(27-5,22(23,24)25)16-9-7-6-8-10-16/h6-12,14-15,17H,13H2,1-5H3/b12-11+/t14-,15-,17+,20+,21+/m0/s1. The van der Waals surface area contributed by atoms with Crippen LogP contribution in [0.2, 0.25) is 0 Å². The van der Waals surface area contributed by atoms with Crippen molar-refractivity contribution >= 4 is 5.97 Å². The topological polar surface area (TPSA) is 66.5 Å². The van der Waals surface area contributed by atoms with Crippen LogP contribution in [0.5, 0.6) is 0 Å². The highest BCUT2D eigenvalue weighted by molar-refractivity contribution is 5.83. The second-order valence-corrected chi connectivity index (χ2v) is 8.23. The maximum Gasteiger partial charge on any atom is 0.432 e. The fourth-order valence-corrected chi connectivity index (χ4v) is 3.80. The molecule has 5 atom stereocenters. The van der Waals surface area contributed by atoms with E-state index in [-0.39, 0.29) is 24.4 Å². The second-order valence-electron chi connectivity index (χ2n) is 8.23. The molecule has 0 N–H and O–H groups in total. The predicted molar refractivity (Wildman–Crippen MR) is 104 cm³/mol. The Labute approximate surface area is 179 Å². The molecule has 0 aliphatic carbocycles. The van der Waals surface area contributed by atoms with Gasteiger partial charge in [-0.25, -0.2) is 4.79 Å². The van der Waals surface area contributed by atoms with Crippen LogP contribution in [0.4, 0.5) is 13.2 Å². The van der Waals surface area contributed by atoms with Gasteiger partial charge in [0.05, 0.1) is 12.7 Å². The fourth-order valence-electron chi connectivity index (χ4n) is 3.80. The monoisotopic (exact) mass is 444 g/mol. The Morgan fingerprint density at radius 3 is 2.32 bits per heavy atom. The van der Waals surface area contributed by atoms with Crippen LogP contribution >= 0.6 is 0 Å². The number of epoxide rings is 1. The van der Waals surface area contributed by atoms with E-state index in [2.05, 4.69) is 0 Å². The van der Waals surface area contributed by atoms with E-state index in [9.17, 15) is 18.0 Å². The first-order chi connectivity index (χ1) is 14.4. The average molecular weight is 444 g/mol. The van der Waals surface area contributed by atoms with E-state index in [0.717, 1.165) is 7.11 Å². The first-order valence-corrected chi connectivity index (χ1v) is 9.94. The second kappa shape index (κ2) is 8.20. The normalized spacial score (nSPS) is 30.7. The minimum atomic E-state index is -5.03. The van der Waals surface area contributed by atoms with Crippen LogP contribution in [-0.4, -0.2) is 55.6 Å². The van der Waals surface area contributed by atoms with Gasteiger partial charge in [-0.05, 0) is 39.8 Å². The number of alkyl halides is 3. The minimum Gasteiger partial charge on any atom is -0.456 e. The molecule has 1 aromatic rings. The van der Waals surface area contributed by atoms with Crippen molar-refractivity contribution in [1.82, 2.24) is 0 Å². The van der Waals surface area contributed by atoms with Gasteiger partial charge in [0.15, 0.2) is 5.79 Å². The summed E-state index contributed by atoms with van der Waals surface area (Å²) in [6, 6.07) is 6.68. The van der Waals surface area contributed by atoms with Crippen molar-refractivity contribution in [2.24, 2.45) is 0 Å². The Morgan fingerprint density at radius 1 is 1.26 bits per heavy atom. The lowest BCUT2D eigenvalue weighted by molar-refractivity contribution is -0.277. The molecule has 31 heavy (non-hydrogen) atoms. The van der Waals surface area contributed by atoms with Gasteiger partial charge in [0.1, 0.15) is 17.8 Å². The van der Waals surface area contributed by atoms with E-state index in [4.69, 9.17) is 23.7 Å². The van der Waals surface area contributed by atoms with Crippen LogP contribution in [-0.2, 0) is 34.1 Å². The average Bonchev–Trinajstić information content (AvgIpc) is 3.33. The van der Waals surface area contributed by atoms with Crippen molar-refractivity contribution in [2.75, 3.05) is 13.7 Å². The number of hydrogen-bond donors (Lipinski definition) is 0. The van der Waals surface area contributed by atoms with Crippen molar-refractivity contribution in [2.45, 2.75) is 69.2 Å². The predicted octanol–water partition coefficient (Wildman–Crippen LogP) is 3.89. The Morgan fingerprint density at radius 2 is 1.87 bits per heavy atom. The number of rotatable bonds is 7. The summed E-state index contributed by atoms with van der Waals surface area (Å²) in [6.07, 6.45) is -3.23. The molecule has 9 heteroatoms. The van der Waals surface area contributed by atoms with Crippen LogP contribution in [0.3, 0.4) is 0 Å². The molecule has 2 aliphatic heterocycles. The third-order valence-corrected chi connectivity index (χ3v) is 5.39. The zero-order valence-corrected chi connectivity index (χ0v) is 18.1. The number of hydrogen-bond acceptors (Lipinski definition) is 6. The number of ether oxygens (including phenoxy) is 5. The summed E-state index contributed by atoms with van der Waals surface area (Å²) in [5.74, 6) is -2.40. The summed E-state index contributed by atoms with van der Waals surface area (Å²) in [4.78, 5) is 12.7. The van der Waals surface area contributed by atoms with Gasteiger partial charge in [-0.15, -0.1) is 0 Å². The minimum absolute atomic E-state index is 0.0514. The highest BCUT2D eigenvalue weighted by Crippen LogP contribution is 2.45.